The fourth-order valence-corrected chi connectivity index (χ4v) is 3.35. The van der Waals surface area contributed by atoms with Crippen LogP contribution < -0.4 is 5.32 Å². The Labute approximate surface area is 161 Å². The molecule has 0 radical (unpaired) electrons. The highest BCUT2D eigenvalue weighted by molar-refractivity contribution is 5.96. The Hall–Kier alpha value is -2.50. The predicted molar refractivity (Wildman–Crippen MR) is 108 cm³/mol. The summed E-state index contributed by atoms with van der Waals surface area (Å²) in [5, 5.41) is 2.95. The molecule has 1 saturated heterocycles. The van der Waals surface area contributed by atoms with E-state index in [0.717, 1.165) is 38.4 Å². The van der Waals surface area contributed by atoms with Crippen LogP contribution >= 0.6 is 0 Å². The first-order chi connectivity index (χ1) is 13.0. The first-order valence-electron chi connectivity index (χ1n) is 9.45. The topological polar surface area (TPSA) is 52.7 Å². The second kappa shape index (κ2) is 8.93. The Balaban J connectivity index is 1.48. The lowest BCUT2D eigenvalue weighted by atomic mass is 10.1. The molecule has 2 aromatic rings. The van der Waals surface area contributed by atoms with Crippen molar-refractivity contribution < 1.29 is 9.59 Å². The van der Waals surface area contributed by atoms with E-state index in [0.29, 0.717) is 5.56 Å². The molecule has 27 heavy (non-hydrogen) atoms. The van der Waals surface area contributed by atoms with E-state index in [-0.39, 0.29) is 17.7 Å². The van der Waals surface area contributed by atoms with E-state index in [9.17, 15) is 9.59 Å². The minimum absolute atomic E-state index is 0.0120. The van der Waals surface area contributed by atoms with Crippen LogP contribution in [-0.4, -0.2) is 53.7 Å². The summed E-state index contributed by atoms with van der Waals surface area (Å²) < 4.78 is 0. The number of piperazine rings is 1. The molecule has 0 spiro atoms. The number of ketones is 1. The molecule has 1 aliphatic heterocycles. The molecule has 0 aliphatic carbocycles. The third-order valence-electron chi connectivity index (χ3n) is 5.14. The molecule has 3 rings (SSSR count). The number of amides is 1. The molecule has 1 atom stereocenters. The molecule has 1 heterocycles. The van der Waals surface area contributed by atoms with Crippen LogP contribution in [0.5, 0.6) is 0 Å². The maximum atomic E-state index is 12.6. The van der Waals surface area contributed by atoms with E-state index in [1.54, 1.807) is 24.3 Å². The fraction of sp³-hybridized carbons (Fsp3) is 0.364. The van der Waals surface area contributed by atoms with E-state index >= 15 is 0 Å². The second-order valence-electron chi connectivity index (χ2n) is 7.10. The van der Waals surface area contributed by atoms with Crippen molar-refractivity contribution in [1.29, 1.82) is 0 Å². The lowest BCUT2D eigenvalue weighted by molar-refractivity contribution is -0.121. The van der Waals surface area contributed by atoms with Gasteiger partial charge >= 0.3 is 0 Å². The van der Waals surface area contributed by atoms with Gasteiger partial charge in [-0.25, -0.2) is 0 Å². The second-order valence-corrected chi connectivity index (χ2v) is 7.10. The first-order valence-corrected chi connectivity index (χ1v) is 9.45. The summed E-state index contributed by atoms with van der Waals surface area (Å²) >= 11 is 0. The third-order valence-corrected chi connectivity index (χ3v) is 5.14. The standard InChI is InChI=1S/C22H27N3O2/c1-17(22(27)23-21-10-8-20(9-11-21)18(2)26)25-14-12-24(13-15-25)16-19-6-4-3-5-7-19/h3-11,17H,12-16H2,1-2H3,(H,23,27)/t17-/m0/s1. The Morgan fingerprint density at radius 2 is 1.59 bits per heavy atom. The van der Waals surface area contributed by atoms with Gasteiger partial charge in [-0.1, -0.05) is 30.3 Å². The summed E-state index contributed by atoms with van der Waals surface area (Å²) in [6, 6.07) is 17.3. The van der Waals surface area contributed by atoms with Crippen molar-refractivity contribution in [3.05, 3.63) is 65.7 Å². The average Bonchev–Trinajstić information content (AvgIpc) is 2.69. The normalized spacial score (nSPS) is 16.7. The largest absolute Gasteiger partial charge is 0.325 e. The van der Waals surface area contributed by atoms with Crippen molar-refractivity contribution in [2.75, 3.05) is 31.5 Å². The van der Waals surface area contributed by atoms with E-state index in [1.165, 1.54) is 12.5 Å². The third kappa shape index (κ3) is 5.25. The van der Waals surface area contributed by atoms with Gasteiger partial charge in [-0.15, -0.1) is 0 Å². The molecule has 0 aromatic heterocycles. The van der Waals surface area contributed by atoms with Gasteiger partial charge in [0.25, 0.3) is 0 Å². The number of hydrogen-bond donors (Lipinski definition) is 1. The molecule has 142 valence electrons. The minimum Gasteiger partial charge on any atom is -0.325 e. The molecule has 0 bridgehead atoms. The van der Waals surface area contributed by atoms with Gasteiger partial charge < -0.3 is 5.32 Å². The number of rotatable bonds is 6. The maximum Gasteiger partial charge on any atom is 0.241 e. The van der Waals surface area contributed by atoms with Gasteiger partial charge in [0.05, 0.1) is 6.04 Å². The monoisotopic (exact) mass is 365 g/mol. The summed E-state index contributed by atoms with van der Waals surface area (Å²) in [6.07, 6.45) is 0. The van der Waals surface area contributed by atoms with Crippen molar-refractivity contribution in [2.24, 2.45) is 0 Å². The van der Waals surface area contributed by atoms with Crippen molar-refractivity contribution >= 4 is 17.4 Å². The molecular formula is C22H27N3O2. The summed E-state index contributed by atoms with van der Waals surface area (Å²) in [5.74, 6) is 0.0108. The van der Waals surface area contributed by atoms with Crippen molar-refractivity contribution in [3.8, 4) is 0 Å². The molecular weight excluding hydrogens is 338 g/mol. The summed E-state index contributed by atoms with van der Waals surface area (Å²) in [5.41, 5.74) is 2.70. The number of Topliss-reactive ketones (excluding diaryl/α,β-unsaturated/α-hetero) is 1. The van der Waals surface area contributed by atoms with Gasteiger partial charge in [-0.05, 0) is 43.7 Å². The predicted octanol–water partition coefficient (Wildman–Crippen LogP) is 3.03. The van der Waals surface area contributed by atoms with Crippen molar-refractivity contribution in [3.63, 3.8) is 0 Å². The smallest absolute Gasteiger partial charge is 0.241 e. The van der Waals surface area contributed by atoms with Crippen molar-refractivity contribution in [1.82, 2.24) is 9.80 Å². The first kappa shape index (κ1) is 19.3. The highest BCUT2D eigenvalue weighted by Crippen LogP contribution is 2.14. The average molecular weight is 365 g/mol. The van der Waals surface area contributed by atoms with Crippen LogP contribution in [0.3, 0.4) is 0 Å². The number of anilines is 1. The zero-order chi connectivity index (χ0) is 19.2. The van der Waals surface area contributed by atoms with Crippen LogP contribution in [0, 0.1) is 0 Å². The number of benzene rings is 2. The van der Waals surface area contributed by atoms with Crippen LogP contribution in [-0.2, 0) is 11.3 Å². The Bertz CT molecular complexity index is 766. The van der Waals surface area contributed by atoms with Crippen LogP contribution in [0.25, 0.3) is 0 Å². The van der Waals surface area contributed by atoms with Crippen LogP contribution in [0.15, 0.2) is 54.6 Å². The Kier molecular flexibility index (Phi) is 6.37. The zero-order valence-electron chi connectivity index (χ0n) is 16.0. The zero-order valence-corrected chi connectivity index (χ0v) is 16.0. The van der Waals surface area contributed by atoms with E-state index < -0.39 is 0 Å². The fourth-order valence-electron chi connectivity index (χ4n) is 3.35. The number of nitrogens with zero attached hydrogens (tertiary/aromatic N) is 2. The molecule has 1 aliphatic rings. The van der Waals surface area contributed by atoms with E-state index in [2.05, 4.69) is 39.4 Å². The molecule has 1 N–H and O–H groups in total. The van der Waals surface area contributed by atoms with Gasteiger partial charge in [0.15, 0.2) is 5.78 Å². The van der Waals surface area contributed by atoms with Gasteiger partial charge in [0.2, 0.25) is 5.91 Å². The van der Waals surface area contributed by atoms with Gasteiger partial charge in [-0.2, -0.15) is 0 Å². The number of carbonyl (C=O) groups excluding carboxylic acids is 2. The lowest BCUT2D eigenvalue weighted by Crippen LogP contribution is -2.52. The molecule has 0 unspecified atom stereocenters. The Morgan fingerprint density at radius 1 is 0.963 bits per heavy atom. The maximum absolute atomic E-state index is 12.6. The van der Waals surface area contributed by atoms with E-state index in [1.807, 2.05) is 13.0 Å². The number of hydrogen-bond acceptors (Lipinski definition) is 4. The quantitative estimate of drug-likeness (QED) is 0.800. The highest BCUT2D eigenvalue weighted by Gasteiger charge is 2.25. The van der Waals surface area contributed by atoms with Crippen LogP contribution in [0.2, 0.25) is 0 Å². The molecule has 1 fully saturated rings. The van der Waals surface area contributed by atoms with E-state index in [4.69, 9.17) is 0 Å². The highest BCUT2D eigenvalue weighted by atomic mass is 16.2. The van der Waals surface area contributed by atoms with Crippen LogP contribution in [0.1, 0.15) is 29.8 Å². The molecule has 2 aromatic carbocycles. The number of nitrogens with one attached hydrogen (secondary N) is 1. The number of carbonyl (C=O) groups is 2. The molecule has 1 amide bonds. The minimum atomic E-state index is -0.184. The summed E-state index contributed by atoms with van der Waals surface area (Å²) in [6.45, 7) is 8.12. The Morgan fingerprint density at radius 3 is 2.19 bits per heavy atom. The molecule has 5 nitrogen and oxygen atoms in total. The van der Waals surface area contributed by atoms with Gasteiger partial charge in [0.1, 0.15) is 0 Å². The summed E-state index contributed by atoms with van der Waals surface area (Å²) in [7, 11) is 0. The SMILES string of the molecule is CC(=O)c1ccc(NC(=O)[C@H](C)N2CCN(Cc3ccccc3)CC2)cc1. The molecule has 0 saturated carbocycles. The van der Waals surface area contributed by atoms with Crippen molar-refractivity contribution in [2.45, 2.75) is 26.4 Å². The van der Waals surface area contributed by atoms with Crippen LogP contribution in [0.4, 0.5) is 5.69 Å². The molecule has 5 heteroatoms. The summed E-state index contributed by atoms with van der Waals surface area (Å²) in [4.78, 5) is 28.6. The van der Waals surface area contributed by atoms with Gasteiger partial charge in [-0.3, -0.25) is 19.4 Å². The van der Waals surface area contributed by atoms with Gasteiger partial charge in [0, 0.05) is 44.0 Å². The lowest BCUT2D eigenvalue weighted by Gasteiger charge is -2.37.